The zero-order valence-electron chi connectivity index (χ0n) is 11.3. The van der Waals surface area contributed by atoms with Crippen LogP contribution in [-0.4, -0.2) is 18.0 Å². The monoisotopic (exact) mass is 268 g/mol. The first-order valence-corrected chi connectivity index (χ1v) is 7.07. The maximum Gasteiger partial charge on any atom is 0.168 e. The summed E-state index contributed by atoms with van der Waals surface area (Å²) in [5.41, 5.74) is 1.13. The van der Waals surface area contributed by atoms with Crippen molar-refractivity contribution in [3.05, 3.63) is 34.9 Å². The molecule has 18 heavy (non-hydrogen) atoms. The van der Waals surface area contributed by atoms with Gasteiger partial charge >= 0.3 is 0 Å². The van der Waals surface area contributed by atoms with Crippen LogP contribution >= 0.6 is 11.6 Å². The van der Waals surface area contributed by atoms with Gasteiger partial charge in [-0.1, -0.05) is 43.6 Å². The van der Waals surface area contributed by atoms with Gasteiger partial charge in [-0.05, 0) is 31.4 Å². The van der Waals surface area contributed by atoms with Crippen molar-refractivity contribution in [3.8, 4) is 0 Å². The summed E-state index contributed by atoms with van der Waals surface area (Å²) in [4.78, 5) is 0. The minimum atomic E-state index is -0.397. The SMILES string of the molecule is CCC1(CC)O[C@@H](C)[C@H](Cc2ccccc2Cl)O1. The molecule has 0 aliphatic carbocycles. The third-order valence-electron chi connectivity index (χ3n) is 3.75. The molecular weight excluding hydrogens is 248 g/mol. The van der Waals surface area contributed by atoms with Crippen molar-refractivity contribution in [3.63, 3.8) is 0 Å². The highest BCUT2D eigenvalue weighted by Crippen LogP contribution is 2.36. The normalized spacial score (nSPS) is 26.4. The zero-order chi connectivity index (χ0) is 13.2. The van der Waals surface area contributed by atoms with Gasteiger partial charge in [-0.3, -0.25) is 0 Å². The van der Waals surface area contributed by atoms with Crippen LogP contribution in [0.1, 0.15) is 39.2 Å². The van der Waals surface area contributed by atoms with Gasteiger partial charge in [-0.25, -0.2) is 0 Å². The van der Waals surface area contributed by atoms with Crippen molar-refractivity contribution in [2.45, 2.75) is 58.0 Å². The molecule has 1 saturated heterocycles. The maximum absolute atomic E-state index is 6.19. The lowest BCUT2D eigenvalue weighted by molar-refractivity contribution is -0.177. The van der Waals surface area contributed by atoms with Crippen molar-refractivity contribution in [2.24, 2.45) is 0 Å². The summed E-state index contributed by atoms with van der Waals surface area (Å²) in [5.74, 6) is -0.397. The van der Waals surface area contributed by atoms with Crippen LogP contribution in [0.25, 0.3) is 0 Å². The molecule has 1 fully saturated rings. The van der Waals surface area contributed by atoms with Gasteiger partial charge in [-0.2, -0.15) is 0 Å². The van der Waals surface area contributed by atoms with Crippen LogP contribution < -0.4 is 0 Å². The molecular formula is C15H21ClO2. The molecule has 1 aromatic carbocycles. The molecule has 0 spiro atoms. The molecule has 1 aliphatic rings. The second-order valence-corrected chi connectivity index (χ2v) is 5.30. The molecule has 3 heteroatoms. The smallest absolute Gasteiger partial charge is 0.168 e. The number of rotatable bonds is 4. The summed E-state index contributed by atoms with van der Waals surface area (Å²) >= 11 is 6.19. The van der Waals surface area contributed by atoms with Crippen molar-refractivity contribution >= 4 is 11.6 Å². The van der Waals surface area contributed by atoms with Gasteiger partial charge < -0.3 is 9.47 Å². The fourth-order valence-electron chi connectivity index (χ4n) is 2.49. The number of benzene rings is 1. The second kappa shape index (κ2) is 5.60. The lowest BCUT2D eigenvalue weighted by atomic mass is 10.0. The molecule has 0 bridgehead atoms. The topological polar surface area (TPSA) is 18.5 Å². The quantitative estimate of drug-likeness (QED) is 0.815. The van der Waals surface area contributed by atoms with E-state index in [4.69, 9.17) is 21.1 Å². The van der Waals surface area contributed by atoms with Gasteiger partial charge in [-0.15, -0.1) is 0 Å². The van der Waals surface area contributed by atoms with Crippen LogP contribution in [0.2, 0.25) is 5.02 Å². The predicted molar refractivity (Wildman–Crippen MR) is 73.9 cm³/mol. The van der Waals surface area contributed by atoms with Gasteiger partial charge in [0.25, 0.3) is 0 Å². The summed E-state index contributed by atoms with van der Waals surface area (Å²) in [6, 6.07) is 7.93. The fourth-order valence-corrected chi connectivity index (χ4v) is 2.70. The molecule has 0 N–H and O–H groups in total. The van der Waals surface area contributed by atoms with E-state index in [0.717, 1.165) is 29.8 Å². The third-order valence-corrected chi connectivity index (χ3v) is 4.12. The predicted octanol–water partition coefficient (Wildman–Crippen LogP) is 4.20. The van der Waals surface area contributed by atoms with Crippen molar-refractivity contribution in [2.75, 3.05) is 0 Å². The Morgan fingerprint density at radius 3 is 2.39 bits per heavy atom. The van der Waals surface area contributed by atoms with Crippen LogP contribution in [0.15, 0.2) is 24.3 Å². The van der Waals surface area contributed by atoms with Crippen LogP contribution in [-0.2, 0) is 15.9 Å². The van der Waals surface area contributed by atoms with E-state index in [2.05, 4.69) is 26.8 Å². The van der Waals surface area contributed by atoms with Crippen LogP contribution in [0.5, 0.6) is 0 Å². The summed E-state index contributed by atoms with van der Waals surface area (Å²) in [5, 5.41) is 0.804. The number of hydrogen-bond donors (Lipinski definition) is 0. The van der Waals surface area contributed by atoms with E-state index in [1.54, 1.807) is 0 Å². The van der Waals surface area contributed by atoms with E-state index in [1.165, 1.54) is 0 Å². The second-order valence-electron chi connectivity index (χ2n) is 4.89. The Bertz CT molecular complexity index is 401. The van der Waals surface area contributed by atoms with Crippen molar-refractivity contribution in [1.82, 2.24) is 0 Å². The van der Waals surface area contributed by atoms with Crippen LogP contribution in [0.3, 0.4) is 0 Å². The molecule has 1 heterocycles. The van der Waals surface area contributed by atoms with Gasteiger partial charge in [0.05, 0.1) is 12.2 Å². The molecule has 2 nitrogen and oxygen atoms in total. The molecule has 0 aromatic heterocycles. The largest absolute Gasteiger partial charge is 0.344 e. The van der Waals surface area contributed by atoms with Gasteiger partial charge in [0.15, 0.2) is 5.79 Å². The lowest BCUT2D eigenvalue weighted by Gasteiger charge is -2.25. The Kier molecular flexibility index (Phi) is 4.31. The lowest BCUT2D eigenvalue weighted by Crippen LogP contribution is -2.29. The van der Waals surface area contributed by atoms with Gasteiger partial charge in [0.1, 0.15) is 0 Å². The van der Waals surface area contributed by atoms with Crippen LogP contribution in [0.4, 0.5) is 0 Å². The van der Waals surface area contributed by atoms with Gasteiger partial charge in [0.2, 0.25) is 0 Å². The number of ether oxygens (including phenoxy) is 2. The zero-order valence-corrected chi connectivity index (χ0v) is 12.0. The molecule has 100 valence electrons. The van der Waals surface area contributed by atoms with E-state index >= 15 is 0 Å². The number of halogens is 1. The standard InChI is InChI=1S/C15H21ClO2/c1-4-15(5-2)17-11(3)14(18-15)10-12-8-6-7-9-13(12)16/h6-9,11,14H,4-5,10H2,1-3H3/t11-,14-/m0/s1. The summed E-state index contributed by atoms with van der Waals surface area (Å²) in [6.07, 6.45) is 2.77. The van der Waals surface area contributed by atoms with E-state index in [9.17, 15) is 0 Å². The first-order chi connectivity index (χ1) is 8.60. The Morgan fingerprint density at radius 1 is 1.17 bits per heavy atom. The summed E-state index contributed by atoms with van der Waals surface area (Å²) in [6.45, 7) is 6.29. The molecule has 0 amide bonds. The van der Waals surface area contributed by atoms with E-state index in [-0.39, 0.29) is 12.2 Å². The third kappa shape index (κ3) is 2.71. The van der Waals surface area contributed by atoms with E-state index < -0.39 is 5.79 Å². The fraction of sp³-hybridized carbons (Fsp3) is 0.600. The highest BCUT2D eigenvalue weighted by atomic mass is 35.5. The number of hydrogen-bond acceptors (Lipinski definition) is 2. The first kappa shape index (κ1) is 13.9. The maximum atomic E-state index is 6.19. The average molecular weight is 269 g/mol. The highest BCUT2D eigenvalue weighted by molar-refractivity contribution is 6.31. The Hall–Kier alpha value is -0.570. The molecule has 0 saturated carbocycles. The Labute approximate surface area is 114 Å². The Balaban J connectivity index is 2.09. The molecule has 1 aliphatic heterocycles. The summed E-state index contributed by atoms with van der Waals surface area (Å²) in [7, 11) is 0. The molecule has 0 radical (unpaired) electrons. The molecule has 0 unspecified atom stereocenters. The molecule has 2 atom stereocenters. The minimum Gasteiger partial charge on any atom is -0.344 e. The highest BCUT2D eigenvalue weighted by Gasteiger charge is 2.43. The van der Waals surface area contributed by atoms with E-state index in [0.29, 0.717) is 0 Å². The average Bonchev–Trinajstić information content (AvgIpc) is 2.70. The van der Waals surface area contributed by atoms with Crippen molar-refractivity contribution < 1.29 is 9.47 Å². The van der Waals surface area contributed by atoms with Gasteiger partial charge in [0, 0.05) is 11.4 Å². The summed E-state index contributed by atoms with van der Waals surface area (Å²) < 4.78 is 12.1. The van der Waals surface area contributed by atoms with Crippen LogP contribution in [0, 0.1) is 0 Å². The minimum absolute atomic E-state index is 0.0878. The van der Waals surface area contributed by atoms with E-state index in [1.807, 2.05) is 18.2 Å². The van der Waals surface area contributed by atoms with Crippen molar-refractivity contribution in [1.29, 1.82) is 0 Å². The Morgan fingerprint density at radius 2 is 1.83 bits per heavy atom. The first-order valence-electron chi connectivity index (χ1n) is 6.69. The molecule has 2 rings (SSSR count). The molecule has 1 aromatic rings.